The van der Waals surface area contributed by atoms with Gasteiger partial charge in [0.1, 0.15) is 23.4 Å². The second-order valence-electron chi connectivity index (χ2n) is 7.42. The van der Waals surface area contributed by atoms with Crippen LogP contribution in [-0.2, 0) is 14.6 Å². The zero-order valence-corrected chi connectivity index (χ0v) is 19.0. The quantitative estimate of drug-likeness (QED) is 0.696. The molecule has 1 unspecified atom stereocenters. The predicted molar refractivity (Wildman–Crippen MR) is 117 cm³/mol. The standard InChI is InChI=1S/C21H22ClFN2O6S/c1-13(2)30-19-11-17(16(23)10-15(19)22)24-20(26)18-12-32(28,29)9-8-25(18)21(27)31-14-6-4-3-5-7-14/h3-7,10-11,13,18H,8-9,12H2,1-2H3,(H,24,26). The van der Waals surface area contributed by atoms with Crippen LogP contribution in [0.5, 0.6) is 11.5 Å². The molecule has 1 N–H and O–H groups in total. The van der Waals surface area contributed by atoms with Gasteiger partial charge in [-0.2, -0.15) is 0 Å². The summed E-state index contributed by atoms with van der Waals surface area (Å²) in [6.07, 6.45) is -1.14. The highest BCUT2D eigenvalue weighted by atomic mass is 35.5. The lowest BCUT2D eigenvalue weighted by molar-refractivity contribution is -0.120. The monoisotopic (exact) mass is 484 g/mol. The third kappa shape index (κ3) is 5.89. The molecule has 2 amide bonds. The van der Waals surface area contributed by atoms with E-state index < -0.39 is 39.4 Å². The van der Waals surface area contributed by atoms with Crippen molar-refractivity contribution in [2.24, 2.45) is 0 Å². The number of nitrogens with one attached hydrogen (secondary N) is 1. The van der Waals surface area contributed by atoms with Gasteiger partial charge in [-0.1, -0.05) is 29.8 Å². The average molecular weight is 485 g/mol. The van der Waals surface area contributed by atoms with Gasteiger partial charge in [-0.15, -0.1) is 0 Å². The molecule has 0 aliphatic carbocycles. The molecule has 0 aromatic heterocycles. The molecular weight excluding hydrogens is 463 g/mol. The normalized spacial score (nSPS) is 17.7. The van der Waals surface area contributed by atoms with Gasteiger partial charge in [0.2, 0.25) is 5.91 Å². The molecule has 32 heavy (non-hydrogen) atoms. The van der Waals surface area contributed by atoms with Crippen LogP contribution in [0.15, 0.2) is 42.5 Å². The summed E-state index contributed by atoms with van der Waals surface area (Å²) in [5.74, 6) is -2.26. The molecule has 1 heterocycles. The van der Waals surface area contributed by atoms with Crippen molar-refractivity contribution < 1.29 is 31.9 Å². The van der Waals surface area contributed by atoms with E-state index in [0.29, 0.717) is 0 Å². The Morgan fingerprint density at radius 2 is 1.91 bits per heavy atom. The van der Waals surface area contributed by atoms with E-state index in [1.807, 2.05) is 0 Å². The van der Waals surface area contributed by atoms with E-state index in [4.69, 9.17) is 21.1 Å². The third-order valence-electron chi connectivity index (χ3n) is 4.56. The number of hydrogen-bond acceptors (Lipinski definition) is 6. The van der Waals surface area contributed by atoms with Crippen LogP contribution < -0.4 is 14.8 Å². The van der Waals surface area contributed by atoms with Gasteiger partial charge in [0, 0.05) is 12.6 Å². The van der Waals surface area contributed by atoms with Crippen molar-refractivity contribution in [1.82, 2.24) is 4.90 Å². The van der Waals surface area contributed by atoms with Crippen LogP contribution in [-0.4, -0.2) is 55.5 Å². The molecule has 8 nitrogen and oxygen atoms in total. The number of benzene rings is 2. The molecule has 2 aromatic rings. The maximum atomic E-state index is 14.4. The Hall–Kier alpha value is -2.85. The lowest BCUT2D eigenvalue weighted by atomic mass is 10.2. The summed E-state index contributed by atoms with van der Waals surface area (Å²) in [7, 11) is -3.60. The van der Waals surface area contributed by atoms with E-state index in [0.717, 1.165) is 11.0 Å². The number of para-hydroxylation sites is 1. The van der Waals surface area contributed by atoms with Crippen molar-refractivity contribution >= 4 is 39.1 Å². The summed E-state index contributed by atoms with van der Waals surface area (Å²) in [4.78, 5) is 26.6. The van der Waals surface area contributed by atoms with Gasteiger partial charge in [0.15, 0.2) is 9.84 Å². The number of hydrogen-bond donors (Lipinski definition) is 1. The van der Waals surface area contributed by atoms with Crippen molar-refractivity contribution in [2.75, 3.05) is 23.4 Å². The predicted octanol–water partition coefficient (Wildman–Crippen LogP) is 3.50. The summed E-state index contributed by atoms with van der Waals surface area (Å²) in [5, 5.41) is 2.36. The molecule has 0 radical (unpaired) electrons. The smallest absolute Gasteiger partial charge is 0.415 e. The maximum Gasteiger partial charge on any atom is 0.415 e. The minimum absolute atomic E-state index is 0.0162. The molecule has 11 heteroatoms. The van der Waals surface area contributed by atoms with E-state index in [1.165, 1.54) is 6.07 Å². The Morgan fingerprint density at radius 1 is 1.22 bits per heavy atom. The Kier molecular flexibility index (Phi) is 7.25. The molecule has 1 saturated heterocycles. The number of nitrogens with zero attached hydrogens (tertiary/aromatic N) is 1. The fourth-order valence-electron chi connectivity index (χ4n) is 3.08. The van der Waals surface area contributed by atoms with E-state index in [2.05, 4.69) is 5.32 Å². The molecule has 1 aliphatic rings. The zero-order chi connectivity index (χ0) is 23.5. The molecule has 172 valence electrons. The SMILES string of the molecule is CC(C)Oc1cc(NC(=O)C2CS(=O)(=O)CCN2C(=O)Oc2ccccc2)c(F)cc1Cl. The van der Waals surface area contributed by atoms with Crippen molar-refractivity contribution in [3.63, 3.8) is 0 Å². The van der Waals surface area contributed by atoms with Crippen molar-refractivity contribution in [3.8, 4) is 11.5 Å². The van der Waals surface area contributed by atoms with Crippen LogP contribution in [0.4, 0.5) is 14.9 Å². The van der Waals surface area contributed by atoms with Crippen LogP contribution >= 0.6 is 11.6 Å². The first kappa shape index (κ1) is 23.8. The molecule has 1 fully saturated rings. The van der Waals surface area contributed by atoms with Crippen LogP contribution in [0, 0.1) is 5.82 Å². The molecule has 0 spiro atoms. The van der Waals surface area contributed by atoms with Crippen molar-refractivity contribution in [2.45, 2.75) is 26.0 Å². The van der Waals surface area contributed by atoms with Gasteiger partial charge in [-0.25, -0.2) is 17.6 Å². The molecule has 1 atom stereocenters. The second kappa shape index (κ2) is 9.74. The molecule has 0 saturated carbocycles. The fraction of sp³-hybridized carbons (Fsp3) is 0.333. The fourth-order valence-corrected chi connectivity index (χ4v) is 4.72. The topological polar surface area (TPSA) is 102 Å². The van der Waals surface area contributed by atoms with Crippen LogP contribution in [0.2, 0.25) is 5.02 Å². The summed E-state index contributed by atoms with van der Waals surface area (Å²) >= 11 is 5.98. The highest BCUT2D eigenvalue weighted by Gasteiger charge is 2.40. The number of ether oxygens (including phenoxy) is 2. The Bertz CT molecular complexity index is 1110. The van der Waals surface area contributed by atoms with E-state index in [9.17, 15) is 22.4 Å². The Morgan fingerprint density at radius 3 is 2.56 bits per heavy atom. The lowest BCUT2D eigenvalue weighted by Gasteiger charge is -2.33. The highest BCUT2D eigenvalue weighted by Crippen LogP contribution is 2.31. The Balaban J connectivity index is 1.83. The highest BCUT2D eigenvalue weighted by molar-refractivity contribution is 7.91. The first-order valence-corrected chi connectivity index (χ1v) is 12.0. The van der Waals surface area contributed by atoms with E-state index >= 15 is 0 Å². The summed E-state index contributed by atoms with van der Waals surface area (Å²) < 4.78 is 49.5. The molecule has 3 rings (SSSR count). The average Bonchev–Trinajstić information content (AvgIpc) is 2.71. The van der Waals surface area contributed by atoms with Gasteiger partial charge in [0.25, 0.3) is 0 Å². The van der Waals surface area contributed by atoms with Gasteiger partial charge in [-0.3, -0.25) is 9.69 Å². The van der Waals surface area contributed by atoms with Crippen molar-refractivity contribution in [1.29, 1.82) is 0 Å². The zero-order valence-electron chi connectivity index (χ0n) is 17.4. The Labute approximate surface area is 190 Å². The number of carbonyl (C=O) groups is 2. The van der Waals surface area contributed by atoms with E-state index in [1.54, 1.807) is 44.2 Å². The minimum atomic E-state index is -3.60. The van der Waals surface area contributed by atoms with Gasteiger partial charge < -0.3 is 14.8 Å². The number of sulfone groups is 1. The summed E-state index contributed by atoms with van der Waals surface area (Å²) in [5.41, 5.74) is -0.255. The molecule has 1 aliphatic heterocycles. The van der Waals surface area contributed by atoms with Crippen LogP contribution in [0.1, 0.15) is 13.8 Å². The van der Waals surface area contributed by atoms with Crippen LogP contribution in [0.25, 0.3) is 0 Å². The third-order valence-corrected chi connectivity index (χ3v) is 6.48. The van der Waals surface area contributed by atoms with Gasteiger partial charge in [-0.05, 0) is 32.0 Å². The van der Waals surface area contributed by atoms with E-state index in [-0.39, 0.29) is 40.6 Å². The first-order valence-electron chi connectivity index (χ1n) is 9.76. The number of anilines is 1. The van der Waals surface area contributed by atoms with Crippen molar-refractivity contribution in [3.05, 3.63) is 53.3 Å². The number of halogens is 2. The summed E-state index contributed by atoms with van der Waals surface area (Å²) in [6.45, 7) is 3.26. The lowest BCUT2D eigenvalue weighted by Crippen LogP contribution is -2.57. The second-order valence-corrected chi connectivity index (χ2v) is 10.1. The largest absolute Gasteiger partial charge is 0.489 e. The van der Waals surface area contributed by atoms with Crippen LogP contribution in [0.3, 0.4) is 0 Å². The maximum absolute atomic E-state index is 14.4. The minimum Gasteiger partial charge on any atom is -0.489 e. The number of amides is 2. The molecule has 2 aromatic carbocycles. The number of carbonyl (C=O) groups excluding carboxylic acids is 2. The first-order chi connectivity index (χ1) is 15.1. The summed E-state index contributed by atoms with van der Waals surface area (Å²) in [6, 6.07) is 8.93. The number of rotatable bonds is 5. The molecular formula is C21H22ClFN2O6S. The van der Waals surface area contributed by atoms with Gasteiger partial charge >= 0.3 is 6.09 Å². The van der Waals surface area contributed by atoms with Gasteiger partial charge in [0.05, 0.1) is 28.3 Å². The molecule has 0 bridgehead atoms.